The third-order valence-corrected chi connectivity index (χ3v) is 1.63. The largest absolute Gasteiger partial charge is 0.438 e. The van der Waals surface area contributed by atoms with E-state index in [1.54, 1.807) is 13.8 Å². The van der Waals surface area contributed by atoms with Gasteiger partial charge in [0.15, 0.2) is 6.79 Å². The van der Waals surface area contributed by atoms with Crippen molar-refractivity contribution in [2.75, 3.05) is 6.79 Å². The van der Waals surface area contributed by atoms with Crippen LogP contribution < -0.4 is 0 Å². The summed E-state index contributed by atoms with van der Waals surface area (Å²) < 4.78 is 4.41. The van der Waals surface area contributed by atoms with Crippen LogP contribution in [-0.4, -0.2) is 17.9 Å². The molecule has 60 valence electrons. The Labute approximate surface area is 61.0 Å². The van der Waals surface area contributed by atoms with Crippen LogP contribution in [0.15, 0.2) is 0 Å². The summed E-state index contributed by atoms with van der Waals surface area (Å²) in [5, 5.41) is 8.25. The highest BCUT2D eigenvalue weighted by molar-refractivity contribution is 5.75. The number of carbonyl (C=O) groups excluding carboxylic acids is 1. The lowest BCUT2D eigenvalue weighted by atomic mass is 9.91. The normalized spacial score (nSPS) is 11.2. The summed E-state index contributed by atoms with van der Waals surface area (Å²) >= 11 is 0. The van der Waals surface area contributed by atoms with E-state index in [0.717, 1.165) is 0 Å². The van der Waals surface area contributed by atoms with Crippen molar-refractivity contribution in [1.82, 2.24) is 0 Å². The molecule has 0 spiro atoms. The summed E-state index contributed by atoms with van der Waals surface area (Å²) in [5.41, 5.74) is -0.470. The zero-order valence-corrected chi connectivity index (χ0v) is 6.68. The Hall–Kier alpha value is -0.570. The molecule has 0 aromatic rings. The molecule has 0 fully saturated rings. The number of esters is 1. The van der Waals surface area contributed by atoms with Gasteiger partial charge in [0.2, 0.25) is 0 Å². The van der Waals surface area contributed by atoms with Gasteiger partial charge < -0.3 is 9.84 Å². The zero-order valence-electron chi connectivity index (χ0n) is 6.68. The maximum atomic E-state index is 10.9. The van der Waals surface area contributed by atoms with E-state index in [1.165, 1.54) is 0 Å². The first-order chi connectivity index (χ1) is 4.54. The van der Waals surface area contributed by atoms with Crippen LogP contribution in [0, 0.1) is 5.41 Å². The summed E-state index contributed by atoms with van der Waals surface area (Å²) in [6.07, 6.45) is 0.714. The Morgan fingerprint density at radius 3 is 2.40 bits per heavy atom. The van der Waals surface area contributed by atoms with Crippen LogP contribution in [-0.2, 0) is 9.53 Å². The first-order valence-corrected chi connectivity index (χ1v) is 3.32. The van der Waals surface area contributed by atoms with E-state index < -0.39 is 12.2 Å². The topological polar surface area (TPSA) is 46.5 Å². The van der Waals surface area contributed by atoms with Gasteiger partial charge in [-0.3, -0.25) is 4.79 Å². The lowest BCUT2D eigenvalue weighted by Crippen LogP contribution is -2.25. The number of rotatable bonds is 3. The average molecular weight is 146 g/mol. The number of aliphatic hydroxyl groups is 1. The van der Waals surface area contributed by atoms with Gasteiger partial charge in [-0.1, -0.05) is 6.92 Å². The molecule has 3 heteroatoms. The molecule has 10 heavy (non-hydrogen) atoms. The van der Waals surface area contributed by atoms with Gasteiger partial charge in [-0.2, -0.15) is 0 Å². The van der Waals surface area contributed by atoms with Gasteiger partial charge in [0.05, 0.1) is 5.41 Å². The summed E-state index contributed by atoms with van der Waals surface area (Å²) in [7, 11) is 0. The molecule has 0 aromatic heterocycles. The van der Waals surface area contributed by atoms with E-state index in [4.69, 9.17) is 5.11 Å². The van der Waals surface area contributed by atoms with Gasteiger partial charge in [0.25, 0.3) is 0 Å². The molecule has 0 unspecified atom stereocenters. The molecule has 0 heterocycles. The van der Waals surface area contributed by atoms with Crippen molar-refractivity contribution in [2.24, 2.45) is 5.41 Å². The number of aliphatic hydroxyl groups excluding tert-OH is 1. The molecule has 0 aliphatic heterocycles. The fraction of sp³-hybridized carbons (Fsp3) is 0.857. The molecular formula is C7H14O3. The minimum Gasteiger partial charge on any atom is -0.438 e. The molecule has 0 amide bonds. The summed E-state index contributed by atoms with van der Waals surface area (Å²) in [6, 6.07) is 0. The molecule has 0 rings (SSSR count). The Bertz CT molecular complexity index is 118. The third kappa shape index (κ3) is 2.35. The number of hydrogen-bond donors (Lipinski definition) is 1. The Balaban J connectivity index is 3.91. The molecule has 0 aliphatic rings. The lowest BCUT2D eigenvalue weighted by Gasteiger charge is -2.18. The maximum absolute atomic E-state index is 10.9. The second-order valence-corrected chi connectivity index (χ2v) is 2.80. The van der Waals surface area contributed by atoms with Crippen molar-refractivity contribution in [3.8, 4) is 0 Å². The van der Waals surface area contributed by atoms with E-state index in [1.807, 2.05) is 6.92 Å². The quantitative estimate of drug-likeness (QED) is 0.475. The monoisotopic (exact) mass is 146 g/mol. The van der Waals surface area contributed by atoms with Gasteiger partial charge in [-0.05, 0) is 20.3 Å². The van der Waals surface area contributed by atoms with Crippen molar-refractivity contribution in [3.63, 3.8) is 0 Å². The van der Waals surface area contributed by atoms with Crippen molar-refractivity contribution in [1.29, 1.82) is 0 Å². The highest BCUT2D eigenvalue weighted by atomic mass is 16.6. The summed E-state index contributed by atoms with van der Waals surface area (Å²) in [5.74, 6) is -0.350. The molecule has 0 aromatic carbocycles. The summed E-state index contributed by atoms with van der Waals surface area (Å²) in [6.45, 7) is 4.94. The number of hydrogen-bond acceptors (Lipinski definition) is 3. The second kappa shape index (κ2) is 3.56. The van der Waals surface area contributed by atoms with Gasteiger partial charge >= 0.3 is 5.97 Å². The van der Waals surface area contributed by atoms with Crippen LogP contribution in [0.1, 0.15) is 27.2 Å². The number of ether oxygens (including phenoxy) is 1. The van der Waals surface area contributed by atoms with E-state index in [-0.39, 0.29) is 5.97 Å². The van der Waals surface area contributed by atoms with Crippen LogP contribution in [0.4, 0.5) is 0 Å². The average Bonchev–Trinajstić information content (AvgIpc) is 1.89. The minimum absolute atomic E-state index is 0.350. The predicted molar refractivity (Wildman–Crippen MR) is 37.2 cm³/mol. The van der Waals surface area contributed by atoms with E-state index >= 15 is 0 Å². The zero-order chi connectivity index (χ0) is 8.20. The smallest absolute Gasteiger partial charge is 0.313 e. The van der Waals surface area contributed by atoms with Crippen molar-refractivity contribution in [3.05, 3.63) is 0 Å². The second-order valence-electron chi connectivity index (χ2n) is 2.80. The Morgan fingerprint density at radius 2 is 2.10 bits per heavy atom. The molecule has 0 saturated heterocycles. The SMILES string of the molecule is CCC(C)(C)C(=O)OCO. The molecule has 0 saturated carbocycles. The summed E-state index contributed by atoms with van der Waals surface area (Å²) in [4.78, 5) is 10.9. The fourth-order valence-electron chi connectivity index (χ4n) is 0.398. The van der Waals surface area contributed by atoms with Crippen LogP contribution >= 0.6 is 0 Å². The van der Waals surface area contributed by atoms with Crippen molar-refractivity contribution in [2.45, 2.75) is 27.2 Å². The minimum atomic E-state index is -0.526. The fourth-order valence-corrected chi connectivity index (χ4v) is 0.398. The van der Waals surface area contributed by atoms with Crippen LogP contribution in [0.3, 0.4) is 0 Å². The van der Waals surface area contributed by atoms with Crippen molar-refractivity contribution >= 4 is 5.97 Å². The molecule has 0 aliphatic carbocycles. The highest BCUT2D eigenvalue weighted by Gasteiger charge is 2.26. The van der Waals surface area contributed by atoms with Gasteiger partial charge in [0.1, 0.15) is 0 Å². The molecule has 0 atom stereocenters. The lowest BCUT2D eigenvalue weighted by molar-refractivity contribution is -0.162. The van der Waals surface area contributed by atoms with Gasteiger partial charge in [0, 0.05) is 0 Å². The predicted octanol–water partition coefficient (Wildman–Crippen LogP) is 0.916. The van der Waals surface area contributed by atoms with E-state index in [0.29, 0.717) is 6.42 Å². The van der Waals surface area contributed by atoms with E-state index in [2.05, 4.69) is 4.74 Å². The molecular weight excluding hydrogens is 132 g/mol. The van der Waals surface area contributed by atoms with Crippen LogP contribution in [0.25, 0.3) is 0 Å². The van der Waals surface area contributed by atoms with Crippen LogP contribution in [0.5, 0.6) is 0 Å². The first-order valence-electron chi connectivity index (χ1n) is 3.32. The third-order valence-electron chi connectivity index (χ3n) is 1.63. The molecule has 0 radical (unpaired) electrons. The number of carbonyl (C=O) groups is 1. The maximum Gasteiger partial charge on any atom is 0.313 e. The van der Waals surface area contributed by atoms with Crippen molar-refractivity contribution < 1.29 is 14.6 Å². The van der Waals surface area contributed by atoms with Gasteiger partial charge in [-0.15, -0.1) is 0 Å². The Kier molecular flexibility index (Phi) is 3.36. The Morgan fingerprint density at radius 1 is 1.60 bits per heavy atom. The van der Waals surface area contributed by atoms with Crippen LogP contribution in [0.2, 0.25) is 0 Å². The van der Waals surface area contributed by atoms with E-state index in [9.17, 15) is 4.79 Å². The molecule has 0 bridgehead atoms. The molecule has 1 N–H and O–H groups in total. The molecule has 3 nitrogen and oxygen atoms in total. The standard InChI is InChI=1S/C7H14O3/c1-4-7(2,3)6(9)10-5-8/h8H,4-5H2,1-3H3. The first kappa shape index (κ1) is 9.43. The highest BCUT2D eigenvalue weighted by Crippen LogP contribution is 2.20. The van der Waals surface area contributed by atoms with Gasteiger partial charge in [-0.25, -0.2) is 0 Å².